The highest BCUT2D eigenvalue weighted by Crippen LogP contribution is 2.21. The largest absolute Gasteiger partial charge is 0.341 e. The molecule has 1 unspecified atom stereocenters. The van der Waals surface area contributed by atoms with Crippen molar-refractivity contribution in [1.82, 2.24) is 14.7 Å². The number of piperidine rings is 1. The van der Waals surface area contributed by atoms with E-state index in [-0.39, 0.29) is 11.8 Å². The van der Waals surface area contributed by atoms with Gasteiger partial charge in [-0.1, -0.05) is 30.1 Å². The minimum Gasteiger partial charge on any atom is -0.341 e. The van der Waals surface area contributed by atoms with Crippen LogP contribution >= 0.6 is 23.2 Å². The molecule has 0 radical (unpaired) electrons. The van der Waals surface area contributed by atoms with Crippen molar-refractivity contribution in [2.75, 3.05) is 45.8 Å². The molecule has 26 heavy (non-hydrogen) atoms. The molecule has 3 rings (SSSR count). The SMILES string of the molecule is CC1CCCN(C(=O)CN2CCN(C(=O)c3cc(Cl)cc(Cl)c3)CC2)C1. The Morgan fingerprint density at radius 3 is 2.27 bits per heavy atom. The second-order valence-electron chi connectivity index (χ2n) is 7.31. The Bertz CT molecular complexity index is 654. The summed E-state index contributed by atoms with van der Waals surface area (Å²) in [5, 5.41) is 0.918. The summed E-state index contributed by atoms with van der Waals surface area (Å²) < 4.78 is 0. The summed E-state index contributed by atoms with van der Waals surface area (Å²) in [6, 6.07) is 4.90. The number of piperazine rings is 1. The number of amides is 2. The maximum atomic E-state index is 12.6. The average molecular weight is 398 g/mol. The van der Waals surface area contributed by atoms with E-state index in [1.165, 1.54) is 6.42 Å². The molecule has 5 nitrogen and oxygen atoms in total. The predicted octanol–water partition coefficient (Wildman–Crippen LogP) is 3.01. The van der Waals surface area contributed by atoms with Crippen molar-refractivity contribution in [3.63, 3.8) is 0 Å². The molecule has 0 spiro atoms. The number of halogens is 2. The van der Waals surface area contributed by atoms with Crippen LogP contribution in [0.15, 0.2) is 18.2 Å². The Morgan fingerprint density at radius 2 is 1.65 bits per heavy atom. The van der Waals surface area contributed by atoms with Crippen LogP contribution in [0.3, 0.4) is 0 Å². The number of carbonyl (C=O) groups excluding carboxylic acids is 2. The van der Waals surface area contributed by atoms with Gasteiger partial charge in [0.05, 0.1) is 6.54 Å². The van der Waals surface area contributed by atoms with Gasteiger partial charge < -0.3 is 9.80 Å². The van der Waals surface area contributed by atoms with Crippen molar-refractivity contribution < 1.29 is 9.59 Å². The van der Waals surface area contributed by atoms with E-state index in [0.29, 0.717) is 54.3 Å². The summed E-state index contributed by atoms with van der Waals surface area (Å²) in [5.41, 5.74) is 0.509. The maximum absolute atomic E-state index is 12.6. The van der Waals surface area contributed by atoms with Crippen LogP contribution in [-0.2, 0) is 4.79 Å². The van der Waals surface area contributed by atoms with Crippen LogP contribution in [0, 0.1) is 5.92 Å². The van der Waals surface area contributed by atoms with Crippen LogP contribution in [-0.4, -0.2) is 72.3 Å². The van der Waals surface area contributed by atoms with Crippen molar-refractivity contribution in [2.45, 2.75) is 19.8 Å². The van der Waals surface area contributed by atoms with Crippen molar-refractivity contribution in [1.29, 1.82) is 0 Å². The monoisotopic (exact) mass is 397 g/mol. The summed E-state index contributed by atoms with van der Waals surface area (Å²) in [5.74, 6) is 0.731. The molecule has 2 fully saturated rings. The van der Waals surface area contributed by atoms with Crippen LogP contribution in [0.1, 0.15) is 30.1 Å². The molecule has 2 aliphatic rings. The van der Waals surface area contributed by atoms with E-state index in [9.17, 15) is 9.59 Å². The van der Waals surface area contributed by atoms with Crippen molar-refractivity contribution in [3.05, 3.63) is 33.8 Å². The van der Waals surface area contributed by atoms with Gasteiger partial charge in [0.25, 0.3) is 5.91 Å². The average Bonchev–Trinajstić information content (AvgIpc) is 2.61. The zero-order chi connectivity index (χ0) is 18.7. The minimum absolute atomic E-state index is 0.0646. The lowest BCUT2D eigenvalue weighted by Gasteiger charge is -2.37. The number of rotatable bonds is 3. The van der Waals surface area contributed by atoms with Gasteiger partial charge in [0.2, 0.25) is 5.91 Å². The van der Waals surface area contributed by atoms with E-state index >= 15 is 0 Å². The Hall–Kier alpha value is -1.30. The Labute approximate surface area is 164 Å². The fourth-order valence-electron chi connectivity index (χ4n) is 3.68. The molecular formula is C19H25Cl2N3O2. The molecule has 2 heterocycles. The van der Waals surface area contributed by atoms with E-state index in [1.54, 1.807) is 23.1 Å². The van der Waals surface area contributed by atoms with E-state index in [0.717, 1.165) is 19.5 Å². The lowest BCUT2D eigenvalue weighted by molar-refractivity contribution is -0.134. The van der Waals surface area contributed by atoms with Gasteiger partial charge in [-0.25, -0.2) is 0 Å². The zero-order valence-electron chi connectivity index (χ0n) is 15.1. The van der Waals surface area contributed by atoms with Gasteiger partial charge in [-0.2, -0.15) is 0 Å². The van der Waals surface area contributed by atoms with E-state index < -0.39 is 0 Å². The first-order valence-corrected chi connectivity index (χ1v) is 9.93. The van der Waals surface area contributed by atoms with Gasteiger partial charge in [0, 0.05) is 54.9 Å². The van der Waals surface area contributed by atoms with Gasteiger partial charge in [-0.05, 0) is 37.0 Å². The summed E-state index contributed by atoms with van der Waals surface area (Å²) in [7, 11) is 0. The van der Waals surface area contributed by atoms with Crippen LogP contribution in [0.5, 0.6) is 0 Å². The zero-order valence-corrected chi connectivity index (χ0v) is 16.6. The highest BCUT2D eigenvalue weighted by molar-refractivity contribution is 6.35. The predicted molar refractivity (Wildman–Crippen MR) is 104 cm³/mol. The van der Waals surface area contributed by atoms with Crippen molar-refractivity contribution >= 4 is 35.0 Å². The maximum Gasteiger partial charge on any atom is 0.254 e. The first kappa shape index (κ1) is 19.5. The number of benzene rings is 1. The third-order valence-corrected chi connectivity index (χ3v) is 5.57. The van der Waals surface area contributed by atoms with Crippen LogP contribution in [0.4, 0.5) is 0 Å². The number of carbonyl (C=O) groups is 2. The molecule has 142 valence electrons. The standard InChI is InChI=1S/C19H25Cl2N3O2/c1-14-3-2-4-24(12-14)18(25)13-22-5-7-23(8-6-22)19(26)15-9-16(20)11-17(21)10-15/h9-11,14H,2-8,12-13H2,1H3. The molecular weight excluding hydrogens is 373 g/mol. The molecule has 0 aromatic heterocycles. The smallest absolute Gasteiger partial charge is 0.254 e. The minimum atomic E-state index is -0.0646. The Morgan fingerprint density at radius 1 is 1.00 bits per heavy atom. The topological polar surface area (TPSA) is 43.9 Å². The lowest BCUT2D eigenvalue weighted by atomic mass is 10.0. The van der Waals surface area contributed by atoms with Crippen molar-refractivity contribution in [3.8, 4) is 0 Å². The van der Waals surface area contributed by atoms with E-state index in [1.807, 2.05) is 4.90 Å². The van der Waals surface area contributed by atoms with Gasteiger partial charge >= 0.3 is 0 Å². The van der Waals surface area contributed by atoms with Gasteiger partial charge in [-0.15, -0.1) is 0 Å². The summed E-state index contributed by atoms with van der Waals surface area (Å²) in [4.78, 5) is 31.0. The molecule has 0 N–H and O–H groups in total. The normalized spacial score (nSPS) is 21.7. The van der Waals surface area contributed by atoms with Crippen LogP contribution in [0.25, 0.3) is 0 Å². The highest BCUT2D eigenvalue weighted by Gasteiger charge is 2.26. The molecule has 2 aliphatic heterocycles. The van der Waals surface area contributed by atoms with Crippen molar-refractivity contribution in [2.24, 2.45) is 5.92 Å². The number of hydrogen-bond acceptors (Lipinski definition) is 3. The van der Waals surface area contributed by atoms with Gasteiger partial charge in [-0.3, -0.25) is 14.5 Å². The van der Waals surface area contributed by atoms with Crippen LogP contribution in [0.2, 0.25) is 10.0 Å². The molecule has 0 saturated carbocycles. The fraction of sp³-hybridized carbons (Fsp3) is 0.579. The first-order chi connectivity index (χ1) is 12.4. The molecule has 0 bridgehead atoms. The van der Waals surface area contributed by atoms with E-state index in [4.69, 9.17) is 23.2 Å². The highest BCUT2D eigenvalue weighted by atomic mass is 35.5. The first-order valence-electron chi connectivity index (χ1n) is 9.18. The third-order valence-electron chi connectivity index (χ3n) is 5.14. The molecule has 1 aromatic carbocycles. The van der Waals surface area contributed by atoms with E-state index in [2.05, 4.69) is 11.8 Å². The number of nitrogens with zero attached hydrogens (tertiary/aromatic N) is 3. The molecule has 2 amide bonds. The summed E-state index contributed by atoms with van der Waals surface area (Å²) in [6.07, 6.45) is 2.30. The quantitative estimate of drug-likeness (QED) is 0.786. The molecule has 0 aliphatic carbocycles. The Kier molecular flexibility index (Phi) is 6.43. The fourth-order valence-corrected chi connectivity index (χ4v) is 4.20. The third kappa shape index (κ3) is 4.90. The second kappa shape index (κ2) is 8.59. The van der Waals surface area contributed by atoms with Gasteiger partial charge in [0.15, 0.2) is 0 Å². The number of likely N-dealkylation sites (tertiary alicyclic amines) is 1. The van der Waals surface area contributed by atoms with Gasteiger partial charge in [0.1, 0.15) is 0 Å². The molecule has 2 saturated heterocycles. The Balaban J connectivity index is 1.50. The summed E-state index contributed by atoms with van der Waals surface area (Å²) >= 11 is 12.0. The molecule has 7 heteroatoms. The summed E-state index contributed by atoms with van der Waals surface area (Å²) in [6.45, 7) is 7.00. The van der Waals surface area contributed by atoms with Crippen LogP contribution < -0.4 is 0 Å². The number of hydrogen-bond donors (Lipinski definition) is 0. The molecule has 1 aromatic rings. The second-order valence-corrected chi connectivity index (χ2v) is 8.19. The molecule has 1 atom stereocenters. The lowest BCUT2D eigenvalue weighted by Crippen LogP contribution is -2.52.